The highest BCUT2D eigenvalue weighted by molar-refractivity contribution is 5.76. The molecule has 3 heteroatoms. The average Bonchev–Trinajstić information content (AvgIpc) is 3.13. The van der Waals surface area contributed by atoms with Crippen molar-refractivity contribution < 1.29 is 15.0 Å². The Labute approximate surface area is 201 Å². The zero-order valence-corrected chi connectivity index (χ0v) is 22.0. The Bertz CT molecular complexity index is 861. The van der Waals surface area contributed by atoms with Gasteiger partial charge in [0.1, 0.15) is 0 Å². The quantitative estimate of drug-likeness (QED) is 0.436. The summed E-state index contributed by atoms with van der Waals surface area (Å²) < 4.78 is 0. The van der Waals surface area contributed by atoms with Crippen molar-refractivity contribution in [1.82, 2.24) is 0 Å². The van der Waals surface area contributed by atoms with Crippen molar-refractivity contribution >= 4 is 5.97 Å². The van der Waals surface area contributed by atoms with Gasteiger partial charge in [-0.15, -0.1) is 0 Å². The molecule has 0 spiro atoms. The van der Waals surface area contributed by atoms with E-state index in [9.17, 15) is 15.0 Å². The largest absolute Gasteiger partial charge is 0.481 e. The maximum atomic E-state index is 12.8. The first-order valence-electron chi connectivity index (χ1n) is 13.8. The van der Waals surface area contributed by atoms with Crippen molar-refractivity contribution in [2.45, 2.75) is 112 Å². The molecule has 3 nitrogen and oxygen atoms in total. The Hall–Kier alpha value is -0.830. The first kappa shape index (κ1) is 23.9. The van der Waals surface area contributed by atoms with Gasteiger partial charge in [-0.25, -0.2) is 0 Å². The molecule has 5 fully saturated rings. The van der Waals surface area contributed by atoms with Gasteiger partial charge in [0.25, 0.3) is 0 Å². The van der Waals surface area contributed by atoms with Crippen LogP contribution in [0.3, 0.4) is 0 Å². The van der Waals surface area contributed by atoms with Crippen LogP contribution in [-0.4, -0.2) is 22.3 Å². The molecule has 0 bridgehead atoms. The molecular formula is C30H48O3. The third-order valence-electron chi connectivity index (χ3n) is 13.5. The van der Waals surface area contributed by atoms with Gasteiger partial charge in [0.15, 0.2) is 0 Å². The fourth-order valence-electron chi connectivity index (χ4n) is 11.5. The summed E-state index contributed by atoms with van der Waals surface area (Å²) in [7, 11) is 0. The van der Waals surface area contributed by atoms with E-state index in [0.717, 1.165) is 38.5 Å². The van der Waals surface area contributed by atoms with Gasteiger partial charge in [-0.2, -0.15) is 0 Å². The Balaban J connectivity index is 1.57. The maximum absolute atomic E-state index is 12.8. The number of aliphatic hydroxyl groups excluding tert-OH is 1. The standard InChI is InChI=1S/C30H48O3/c1-18(2)19-10-15-30(25(32)33)17-16-28(6)20(24(19)30)8-9-22-27(5)13-12-23(31)26(3,4)21(27)11-14-29(22,28)7/h19-24,31H,1,8-17H2,2-7H3,(H,32,33)/t19-,20?,21-,22?,23-,24?,27-,28+,29+,30-/m0/s1. The van der Waals surface area contributed by atoms with E-state index in [0.29, 0.717) is 23.7 Å². The van der Waals surface area contributed by atoms with Crippen molar-refractivity contribution in [3.05, 3.63) is 12.2 Å². The third-order valence-corrected chi connectivity index (χ3v) is 13.5. The molecule has 186 valence electrons. The molecule has 2 N–H and O–H groups in total. The van der Waals surface area contributed by atoms with E-state index in [1.54, 1.807) is 0 Å². The van der Waals surface area contributed by atoms with Crippen LogP contribution < -0.4 is 0 Å². The van der Waals surface area contributed by atoms with Gasteiger partial charge in [0.2, 0.25) is 0 Å². The summed E-state index contributed by atoms with van der Waals surface area (Å²) in [4.78, 5) is 12.8. The molecule has 10 atom stereocenters. The zero-order chi connectivity index (χ0) is 24.2. The molecule has 0 aromatic rings. The van der Waals surface area contributed by atoms with Gasteiger partial charge in [0, 0.05) is 0 Å². The number of aliphatic hydroxyl groups is 1. The summed E-state index contributed by atoms with van der Waals surface area (Å²) in [5.41, 5.74) is 1.35. The number of aliphatic carboxylic acids is 1. The Morgan fingerprint density at radius 1 is 0.818 bits per heavy atom. The first-order valence-corrected chi connectivity index (χ1v) is 13.8. The van der Waals surface area contributed by atoms with Gasteiger partial charge in [0.05, 0.1) is 11.5 Å². The van der Waals surface area contributed by atoms with Crippen LogP contribution in [0.5, 0.6) is 0 Å². The van der Waals surface area contributed by atoms with Crippen LogP contribution in [0.2, 0.25) is 0 Å². The molecule has 0 amide bonds. The van der Waals surface area contributed by atoms with Crippen LogP contribution in [0.25, 0.3) is 0 Å². The highest BCUT2D eigenvalue weighted by atomic mass is 16.4. The van der Waals surface area contributed by atoms with Crippen LogP contribution in [0.4, 0.5) is 0 Å². The predicted molar refractivity (Wildman–Crippen MR) is 133 cm³/mol. The second kappa shape index (κ2) is 7.11. The Kier molecular flexibility index (Phi) is 5.15. The van der Waals surface area contributed by atoms with Crippen LogP contribution in [-0.2, 0) is 4.79 Å². The second-order valence-electron chi connectivity index (χ2n) is 14.5. The lowest BCUT2D eigenvalue weighted by molar-refractivity contribution is -0.248. The molecule has 5 saturated carbocycles. The molecule has 0 aliphatic heterocycles. The number of carbonyl (C=O) groups is 1. The second-order valence-corrected chi connectivity index (χ2v) is 14.5. The van der Waals surface area contributed by atoms with E-state index in [1.165, 1.54) is 31.3 Å². The maximum Gasteiger partial charge on any atom is 0.309 e. The smallest absolute Gasteiger partial charge is 0.309 e. The van der Waals surface area contributed by atoms with E-state index in [-0.39, 0.29) is 33.7 Å². The molecule has 0 saturated heterocycles. The van der Waals surface area contributed by atoms with E-state index < -0.39 is 11.4 Å². The lowest BCUT2D eigenvalue weighted by atomic mass is 9.32. The molecule has 0 heterocycles. The molecule has 0 aromatic carbocycles. The van der Waals surface area contributed by atoms with E-state index in [2.05, 4.69) is 48.1 Å². The number of carboxylic acid groups (broad SMARTS) is 1. The first-order chi connectivity index (χ1) is 15.3. The Morgan fingerprint density at radius 2 is 1.52 bits per heavy atom. The average molecular weight is 457 g/mol. The number of allylic oxidation sites excluding steroid dienone is 1. The number of hydrogen-bond donors (Lipinski definition) is 2. The van der Waals surface area contributed by atoms with Crippen molar-refractivity contribution in [3.8, 4) is 0 Å². The zero-order valence-electron chi connectivity index (χ0n) is 22.0. The molecular weight excluding hydrogens is 408 g/mol. The molecule has 5 rings (SSSR count). The predicted octanol–water partition coefficient (Wildman–Crippen LogP) is 7.09. The van der Waals surface area contributed by atoms with Gasteiger partial charge in [-0.3, -0.25) is 4.79 Å². The summed E-state index contributed by atoms with van der Waals surface area (Å²) >= 11 is 0. The minimum absolute atomic E-state index is 0.0202. The van der Waals surface area contributed by atoms with Crippen LogP contribution in [0.15, 0.2) is 12.2 Å². The van der Waals surface area contributed by atoms with Crippen molar-refractivity contribution in [2.24, 2.45) is 56.7 Å². The molecule has 5 aliphatic carbocycles. The third kappa shape index (κ3) is 2.75. The fourth-order valence-corrected chi connectivity index (χ4v) is 11.5. The lowest BCUT2D eigenvalue weighted by Gasteiger charge is -2.72. The number of hydrogen-bond acceptors (Lipinski definition) is 2. The molecule has 3 unspecified atom stereocenters. The van der Waals surface area contributed by atoms with Gasteiger partial charge in [-0.05, 0) is 122 Å². The van der Waals surface area contributed by atoms with E-state index in [1.807, 2.05) is 0 Å². The van der Waals surface area contributed by atoms with Crippen LogP contribution in [0.1, 0.15) is 106 Å². The SMILES string of the molecule is C=C(C)[C@@H]1CC[C@]2(C(=O)O)CC[C@]3(C)C(CCC4[C@@]5(C)CC[C@H](O)C(C)(C)[C@@H]5CC[C@]43C)C12. The summed E-state index contributed by atoms with van der Waals surface area (Å²) in [6.07, 6.45) is 10.5. The highest BCUT2D eigenvalue weighted by Crippen LogP contribution is 2.77. The van der Waals surface area contributed by atoms with Crippen molar-refractivity contribution in [1.29, 1.82) is 0 Å². The molecule has 0 radical (unpaired) electrons. The summed E-state index contributed by atoms with van der Waals surface area (Å²) in [5.74, 6) is 1.79. The van der Waals surface area contributed by atoms with Gasteiger partial charge in [-0.1, -0.05) is 46.8 Å². The van der Waals surface area contributed by atoms with Gasteiger partial charge < -0.3 is 10.2 Å². The molecule has 5 aliphatic rings. The van der Waals surface area contributed by atoms with Gasteiger partial charge >= 0.3 is 5.97 Å². The normalized spacial score (nSPS) is 55.0. The fraction of sp³-hybridized carbons (Fsp3) is 0.900. The topological polar surface area (TPSA) is 57.5 Å². The van der Waals surface area contributed by atoms with Crippen molar-refractivity contribution in [3.63, 3.8) is 0 Å². The highest BCUT2D eigenvalue weighted by Gasteiger charge is 2.71. The molecule has 0 aromatic heterocycles. The monoisotopic (exact) mass is 456 g/mol. The summed E-state index contributed by atoms with van der Waals surface area (Å²) in [6, 6.07) is 0. The molecule has 33 heavy (non-hydrogen) atoms. The van der Waals surface area contributed by atoms with E-state index >= 15 is 0 Å². The number of fused-ring (bicyclic) bond motifs is 7. The van der Waals surface area contributed by atoms with Crippen LogP contribution in [0, 0.1) is 56.7 Å². The number of carboxylic acids is 1. The van der Waals surface area contributed by atoms with Crippen LogP contribution >= 0.6 is 0 Å². The minimum atomic E-state index is -0.538. The van der Waals surface area contributed by atoms with Crippen molar-refractivity contribution in [2.75, 3.05) is 0 Å². The number of rotatable bonds is 2. The minimum Gasteiger partial charge on any atom is -0.481 e. The summed E-state index contributed by atoms with van der Waals surface area (Å²) in [5, 5.41) is 21.4. The van der Waals surface area contributed by atoms with E-state index in [4.69, 9.17) is 0 Å². The lowest BCUT2D eigenvalue weighted by Crippen LogP contribution is -2.67. The Morgan fingerprint density at radius 3 is 2.15 bits per heavy atom. The summed E-state index contributed by atoms with van der Waals surface area (Å²) in [6.45, 7) is 18.8.